The summed E-state index contributed by atoms with van der Waals surface area (Å²) >= 11 is 0. The van der Waals surface area contributed by atoms with Crippen LogP contribution in [0.15, 0.2) is 42.5 Å². The second kappa shape index (κ2) is 8.99. The molecule has 0 bridgehead atoms. The molecule has 0 aliphatic carbocycles. The maximum Gasteiger partial charge on any atom is 0.355 e. The number of nitrogens with zero attached hydrogens (tertiary/aromatic N) is 1. The van der Waals surface area contributed by atoms with Crippen molar-refractivity contribution in [3.63, 3.8) is 0 Å². The minimum absolute atomic E-state index is 0.168. The summed E-state index contributed by atoms with van der Waals surface area (Å²) in [5.74, 6) is -2.61. The molecule has 1 aliphatic rings. The number of imide groups is 1. The quantitative estimate of drug-likeness (QED) is 0.691. The van der Waals surface area contributed by atoms with Gasteiger partial charge in [0.25, 0.3) is 11.8 Å². The SMILES string of the molecule is CCC(C)C(NC(=O)Nc1cc(C)ccc1C)C(=O)ON1C(=O)c2ccccc2C1=O. The third-order valence-corrected chi connectivity index (χ3v) is 5.33. The highest BCUT2D eigenvalue weighted by molar-refractivity contribution is 6.21. The number of nitrogens with one attached hydrogen (secondary N) is 2. The first-order valence-electron chi connectivity index (χ1n) is 10.1. The van der Waals surface area contributed by atoms with Gasteiger partial charge in [-0.2, -0.15) is 0 Å². The number of carbonyl (C=O) groups excluding carboxylic acids is 4. The van der Waals surface area contributed by atoms with Crippen LogP contribution in [0.25, 0.3) is 0 Å². The number of hydrogen-bond donors (Lipinski definition) is 2. The Kier molecular flexibility index (Phi) is 6.39. The Labute approximate surface area is 180 Å². The van der Waals surface area contributed by atoms with Crippen LogP contribution >= 0.6 is 0 Å². The van der Waals surface area contributed by atoms with E-state index >= 15 is 0 Å². The van der Waals surface area contributed by atoms with Crippen LogP contribution in [0.3, 0.4) is 0 Å². The topological polar surface area (TPSA) is 105 Å². The number of anilines is 1. The summed E-state index contributed by atoms with van der Waals surface area (Å²) in [6, 6.07) is 10.2. The molecule has 3 rings (SSSR count). The first-order chi connectivity index (χ1) is 14.7. The first-order valence-corrected chi connectivity index (χ1v) is 10.1. The van der Waals surface area contributed by atoms with Crippen LogP contribution in [0, 0.1) is 19.8 Å². The van der Waals surface area contributed by atoms with Gasteiger partial charge in [-0.05, 0) is 49.1 Å². The maximum atomic E-state index is 12.8. The fraction of sp³-hybridized carbons (Fsp3) is 0.304. The fourth-order valence-corrected chi connectivity index (χ4v) is 3.24. The molecule has 2 aromatic carbocycles. The number of aryl methyl sites for hydroxylation is 2. The summed E-state index contributed by atoms with van der Waals surface area (Å²) in [7, 11) is 0. The van der Waals surface area contributed by atoms with Crippen molar-refractivity contribution >= 4 is 29.5 Å². The van der Waals surface area contributed by atoms with Crippen molar-refractivity contribution in [2.75, 3.05) is 5.32 Å². The molecule has 0 radical (unpaired) electrons. The van der Waals surface area contributed by atoms with Crippen LogP contribution in [0.2, 0.25) is 0 Å². The standard InChI is InChI=1S/C23H25N3O5/c1-5-14(3)19(25-23(30)24-18-12-13(2)10-11-15(18)4)22(29)31-26-20(27)16-8-6-7-9-17(16)21(26)28/h6-12,14,19H,5H2,1-4H3,(H2,24,25,30). The smallest absolute Gasteiger partial charge is 0.327 e. The minimum Gasteiger partial charge on any atom is -0.327 e. The van der Waals surface area contributed by atoms with Gasteiger partial charge in [-0.25, -0.2) is 9.59 Å². The molecule has 1 aliphatic heterocycles. The van der Waals surface area contributed by atoms with Gasteiger partial charge in [0.2, 0.25) is 0 Å². The first kappa shape index (κ1) is 22.0. The molecule has 0 aromatic heterocycles. The van der Waals surface area contributed by atoms with E-state index in [1.54, 1.807) is 19.1 Å². The summed E-state index contributed by atoms with van der Waals surface area (Å²) in [6.07, 6.45) is 0.561. The van der Waals surface area contributed by atoms with Crippen LogP contribution in [-0.2, 0) is 9.63 Å². The number of carbonyl (C=O) groups is 4. The Morgan fingerprint density at radius 2 is 1.65 bits per heavy atom. The van der Waals surface area contributed by atoms with Crippen molar-refractivity contribution in [2.45, 2.75) is 40.2 Å². The van der Waals surface area contributed by atoms with Crippen molar-refractivity contribution < 1.29 is 24.0 Å². The monoisotopic (exact) mass is 423 g/mol. The van der Waals surface area contributed by atoms with Gasteiger partial charge in [0.05, 0.1) is 11.1 Å². The van der Waals surface area contributed by atoms with Crippen molar-refractivity contribution in [3.05, 3.63) is 64.7 Å². The Hall–Kier alpha value is -3.68. The Balaban J connectivity index is 1.73. The summed E-state index contributed by atoms with van der Waals surface area (Å²) in [5.41, 5.74) is 2.80. The summed E-state index contributed by atoms with van der Waals surface area (Å²) in [5, 5.41) is 5.80. The van der Waals surface area contributed by atoms with E-state index in [4.69, 9.17) is 4.84 Å². The lowest BCUT2D eigenvalue weighted by atomic mass is 9.99. The van der Waals surface area contributed by atoms with E-state index in [0.29, 0.717) is 17.2 Å². The molecule has 4 amide bonds. The number of benzene rings is 2. The molecule has 31 heavy (non-hydrogen) atoms. The van der Waals surface area contributed by atoms with E-state index in [1.807, 2.05) is 39.0 Å². The normalized spacial score (nSPS) is 14.6. The van der Waals surface area contributed by atoms with Crippen molar-refractivity contribution in [2.24, 2.45) is 5.92 Å². The molecule has 0 saturated heterocycles. The van der Waals surface area contributed by atoms with Gasteiger partial charge in [-0.1, -0.05) is 49.6 Å². The number of rotatable bonds is 6. The van der Waals surface area contributed by atoms with Crippen molar-refractivity contribution in [3.8, 4) is 0 Å². The van der Waals surface area contributed by atoms with E-state index in [0.717, 1.165) is 11.1 Å². The van der Waals surface area contributed by atoms with E-state index in [2.05, 4.69) is 10.6 Å². The predicted molar refractivity (Wildman–Crippen MR) is 114 cm³/mol. The minimum atomic E-state index is -1.06. The zero-order chi connectivity index (χ0) is 22.7. The second-order valence-corrected chi connectivity index (χ2v) is 7.64. The Morgan fingerprint density at radius 3 is 2.23 bits per heavy atom. The summed E-state index contributed by atoms with van der Waals surface area (Å²) in [4.78, 5) is 55.5. The number of amides is 4. The number of urea groups is 1. The lowest BCUT2D eigenvalue weighted by Crippen LogP contribution is -2.50. The number of hydroxylamine groups is 2. The molecule has 8 nitrogen and oxygen atoms in total. The fourth-order valence-electron chi connectivity index (χ4n) is 3.24. The average Bonchev–Trinajstić information content (AvgIpc) is 2.99. The molecule has 1 heterocycles. The highest BCUT2D eigenvalue weighted by Crippen LogP contribution is 2.24. The van der Waals surface area contributed by atoms with Gasteiger partial charge in [0, 0.05) is 5.69 Å². The zero-order valence-corrected chi connectivity index (χ0v) is 17.9. The van der Waals surface area contributed by atoms with Gasteiger partial charge in [0.15, 0.2) is 0 Å². The van der Waals surface area contributed by atoms with Crippen molar-refractivity contribution in [1.29, 1.82) is 0 Å². The highest BCUT2D eigenvalue weighted by Gasteiger charge is 2.40. The zero-order valence-electron chi connectivity index (χ0n) is 17.9. The van der Waals surface area contributed by atoms with Crippen LogP contribution in [0.1, 0.15) is 52.1 Å². The molecule has 2 aromatic rings. The van der Waals surface area contributed by atoms with Crippen molar-refractivity contribution in [1.82, 2.24) is 10.4 Å². The van der Waals surface area contributed by atoms with Gasteiger partial charge in [0.1, 0.15) is 6.04 Å². The molecule has 8 heteroatoms. The van der Waals surface area contributed by atoms with Gasteiger partial charge in [-0.3, -0.25) is 9.59 Å². The molecule has 2 unspecified atom stereocenters. The second-order valence-electron chi connectivity index (χ2n) is 7.64. The van der Waals surface area contributed by atoms with E-state index in [-0.39, 0.29) is 17.0 Å². The molecule has 2 N–H and O–H groups in total. The van der Waals surface area contributed by atoms with Crippen LogP contribution in [-0.4, -0.2) is 34.9 Å². The molecule has 0 spiro atoms. The number of fused-ring (bicyclic) bond motifs is 1. The van der Waals surface area contributed by atoms with Gasteiger partial charge >= 0.3 is 12.0 Å². The lowest BCUT2D eigenvalue weighted by Gasteiger charge is -2.24. The molecule has 0 fully saturated rings. The summed E-state index contributed by atoms with van der Waals surface area (Å²) < 4.78 is 0. The third-order valence-electron chi connectivity index (χ3n) is 5.33. The largest absolute Gasteiger partial charge is 0.355 e. The van der Waals surface area contributed by atoms with Gasteiger partial charge < -0.3 is 15.5 Å². The molecule has 0 saturated carbocycles. The van der Waals surface area contributed by atoms with E-state index < -0.39 is 29.9 Å². The van der Waals surface area contributed by atoms with Gasteiger partial charge in [-0.15, -0.1) is 0 Å². The van der Waals surface area contributed by atoms with E-state index in [9.17, 15) is 19.2 Å². The maximum absolute atomic E-state index is 12.8. The van der Waals surface area contributed by atoms with Crippen LogP contribution in [0.4, 0.5) is 10.5 Å². The predicted octanol–water partition coefficient (Wildman–Crippen LogP) is 3.59. The highest BCUT2D eigenvalue weighted by atomic mass is 16.7. The molecule has 162 valence electrons. The molecular formula is C23H25N3O5. The Morgan fingerprint density at radius 1 is 1.03 bits per heavy atom. The lowest BCUT2D eigenvalue weighted by molar-refractivity contribution is -0.172. The summed E-state index contributed by atoms with van der Waals surface area (Å²) in [6.45, 7) is 7.39. The van der Waals surface area contributed by atoms with E-state index in [1.165, 1.54) is 12.1 Å². The third kappa shape index (κ3) is 4.58. The number of hydrogen-bond acceptors (Lipinski definition) is 5. The van der Waals surface area contributed by atoms with Crippen LogP contribution in [0.5, 0.6) is 0 Å². The molecular weight excluding hydrogens is 398 g/mol. The molecule has 2 atom stereocenters. The van der Waals surface area contributed by atoms with Crippen LogP contribution < -0.4 is 10.6 Å². The Bertz CT molecular complexity index is 1010. The average molecular weight is 423 g/mol.